The Morgan fingerprint density at radius 1 is 1.42 bits per heavy atom. The highest BCUT2D eigenvalue weighted by molar-refractivity contribution is 5.82. The van der Waals surface area contributed by atoms with Crippen LogP contribution in [0.15, 0.2) is 12.7 Å². The zero-order valence-corrected chi connectivity index (χ0v) is 7.94. The Hall–Kier alpha value is -0.590. The maximum Gasteiger partial charge on any atom is 0.136 e. The third kappa shape index (κ3) is 1.77. The number of hydrogen-bond donors (Lipinski definition) is 0. The molecule has 1 saturated carbocycles. The minimum absolute atomic E-state index is 0.0278. The third-order valence-corrected chi connectivity index (χ3v) is 3.09. The third-order valence-electron chi connectivity index (χ3n) is 3.09. The Morgan fingerprint density at radius 3 is 2.42 bits per heavy atom. The molecule has 0 heterocycles. The van der Waals surface area contributed by atoms with Crippen LogP contribution in [0.25, 0.3) is 0 Å². The average molecular weight is 166 g/mol. The van der Waals surface area contributed by atoms with Crippen molar-refractivity contribution in [1.82, 2.24) is 0 Å². The van der Waals surface area contributed by atoms with Gasteiger partial charge in [0.05, 0.1) is 0 Å². The van der Waals surface area contributed by atoms with Crippen LogP contribution in [0.2, 0.25) is 0 Å². The average Bonchev–Trinajstić information content (AvgIpc) is 2.06. The van der Waals surface area contributed by atoms with E-state index in [1.165, 1.54) is 19.3 Å². The summed E-state index contributed by atoms with van der Waals surface area (Å²) >= 11 is 0. The first-order valence-electron chi connectivity index (χ1n) is 4.83. The molecular weight excluding hydrogens is 148 g/mol. The van der Waals surface area contributed by atoms with Gasteiger partial charge in [-0.3, -0.25) is 4.79 Å². The molecule has 0 amide bonds. The molecule has 0 spiro atoms. The quantitative estimate of drug-likeness (QED) is 0.589. The van der Waals surface area contributed by atoms with Crippen molar-refractivity contribution in [3.05, 3.63) is 12.7 Å². The molecule has 0 atom stereocenters. The second-order valence-corrected chi connectivity index (χ2v) is 3.89. The molecule has 0 unspecified atom stereocenters. The van der Waals surface area contributed by atoms with E-state index in [1.54, 1.807) is 6.92 Å². The number of allylic oxidation sites excluding steroid dienone is 1. The molecule has 1 heteroatoms. The monoisotopic (exact) mass is 166 g/mol. The number of rotatable bonds is 3. The van der Waals surface area contributed by atoms with Gasteiger partial charge in [-0.05, 0) is 26.2 Å². The van der Waals surface area contributed by atoms with E-state index in [1.807, 2.05) is 6.08 Å². The summed E-state index contributed by atoms with van der Waals surface area (Å²) in [6.07, 6.45) is 8.66. The van der Waals surface area contributed by atoms with Crippen molar-refractivity contribution >= 4 is 5.78 Å². The van der Waals surface area contributed by atoms with E-state index in [0.29, 0.717) is 5.78 Å². The van der Waals surface area contributed by atoms with E-state index in [4.69, 9.17) is 0 Å². The maximum absolute atomic E-state index is 11.5. The van der Waals surface area contributed by atoms with E-state index in [9.17, 15) is 4.79 Å². The molecule has 68 valence electrons. The standard InChI is InChI=1S/C11H18O/c1-3-7-11(10(2)12)8-5-4-6-9-11/h3H,1,4-9H2,2H3. The SMILES string of the molecule is C=CCC1(C(C)=O)CCCCC1. The number of carbonyl (C=O) groups is 1. The van der Waals surface area contributed by atoms with E-state index >= 15 is 0 Å². The van der Waals surface area contributed by atoms with Gasteiger partial charge in [0, 0.05) is 5.41 Å². The van der Waals surface area contributed by atoms with Crippen molar-refractivity contribution in [2.45, 2.75) is 45.4 Å². The summed E-state index contributed by atoms with van der Waals surface area (Å²) in [7, 11) is 0. The van der Waals surface area contributed by atoms with Gasteiger partial charge in [0.15, 0.2) is 0 Å². The second-order valence-electron chi connectivity index (χ2n) is 3.89. The van der Waals surface area contributed by atoms with Crippen molar-refractivity contribution < 1.29 is 4.79 Å². The van der Waals surface area contributed by atoms with E-state index in [0.717, 1.165) is 19.3 Å². The van der Waals surface area contributed by atoms with Gasteiger partial charge in [-0.15, -0.1) is 6.58 Å². The van der Waals surface area contributed by atoms with Gasteiger partial charge < -0.3 is 0 Å². The van der Waals surface area contributed by atoms with E-state index in [-0.39, 0.29) is 5.41 Å². The summed E-state index contributed by atoms with van der Waals surface area (Å²) in [4.78, 5) is 11.5. The fourth-order valence-electron chi connectivity index (χ4n) is 2.20. The molecule has 0 N–H and O–H groups in total. The van der Waals surface area contributed by atoms with Crippen LogP contribution >= 0.6 is 0 Å². The van der Waals surface area contributed by atoms with Gasteiger partial charge in [0.1, 0.15) is 5.78 Å². The van der Waals surface area contributed by atoms with Gasteiger partial charge in [0.2, 0.25) is 0 Å². The van der Waals surface area contributed by atoms with Crippen LogP contribution in [-0.2, 0) is 4.79 Å². The van der Waals surface area contributed by atoms with Crippen LogP contribution in [0.5, 0.6) is 0 Å². The Balaban J connectivity index is 2.69. The predicted molar refractivity (Wildman–Crippen MR) is 51.0 cm³/mol. The lowest BCUT2D eigenvalue weighted by atomic mass is 9.69. The fraction of sp³-hybridized carbons (Fsp3) is 0.727. The Labute approximate surface area is 74.9 Å². The van der Waals surface area contributed by atoms with Crippen molar-refractivity contribution in [3.63, 3.8) is 0 Å². The van der Waals surface area contributed by atoms with Gasteiger partial charge in [0.25, 0.3) is 0 Å². The number of Topliss-reactive ketones (excluding diaryl/α,β-unsaturated/α-hetero) is 1. The van der Waals surface area contributed by atoms with Gasteiger partial charge in [-0.1, -0.05) is 25.3 Å². The predicted octanol–water partition coefficient (Wildman–Crippen LogP) is 3.10. The van der Waals surface area contributed by atoms with Gasteiger partial charge in [-0.25, -0.2) is 0 Å². The highest BCUT2D eigenvalue weighted by atomic mass is 16.1. The molecule has 1 aliphatic carbocycles. The first-order valence-corrected chi connectivity index (χ1v) is 4.83. The van der Waals surface area contributed by atoms with Crippen molar-refractivity contribution in [3.8, 4) is 0 Å². The normalized spacial score (nSPS) is 21.8. The molecule has 1 nitrogen and oxygen atoms in total. The van der Waals surface area contributed by atoms with Crippen molar-refractivity contribution in [2.24, 2.45) is 5.41 Å². The van der Waals surface area contributed by atoms with Crippen LogP contribution in [0.4, 0.5) is 0 Å². The molecule has 0 bridgehead atoms. The van der Waals surface area contributed by atoms with Crippen LogP contribution in [0.3, 0.4) is 0 Å². The highest BCUT2D eigenvalue weighted by Gasteiger charge is 2.34. The number of hydrogen-bond acceptors (Lipinski definition) is 1. The molecular formula is C11H18O. The van der Waals surface area contributed by atoms with Crippen LogP contribution in [-0.4, -0.2) is 5.78 Å². The molecule has 0 aromatic rings. The fourth-order valence-corrected chi connectivity index (χ4v) is 2.20. The highest BCUT2D eigenvalue weighted by Crippen LogP contribution is 2.40. The van der Waals surface area contributed by atoms with E-state index < -0.39 is 0 Å². The minimum atomic E-state index is -0.0278. The number of ketones is 1. The van der Waals surface area contributed by atoms with Crippen molar-refractivity contribution in [1.29, 1.82) is 0 Å². The molecule has 1 rings (SSSR count). The Bertz CT molecular complexity index is 175. The minimum Gasteiger partial charge on any atom is -0.299 e. The molecule has 1 aliphatic rings. The molecule has 12 heavy (non-hydrogen) atoms. The lowest BCUT2D eigenvalue weighted by Gasteiger charge is -2.33. The van der Waals surface area contributed by atoms with Crippen LogP contribution < -0.4 is 0 Å². The lowest BCUT2D eigenvalue weighted by molar-refractivity contribution is -0.128. The zero-order chi connectivity index (χ0) is 9.03. The largest absolute Gasteiger partial charge is 0.299 e. The Morgan fingerprint density at radius 2 is 2.00 bits per heavy atom. The summed E-state index contributed by atoms with van der Waals surface area (Å²) in [5, 5.41) is 0. The summed E-state index contributed by atoms with van der Waals surface area (Å²) < 4.78 is 0. The number of carbonyl (C=O) groups excluding carboxylic acids is 1. The van der Waals surface area contributed by atoms with Crippen LogP contribution in [0.1, 0.15) is 45.4 Å². The van der Waals surface area contributed by atoms with E-state index in [2.05, 4.69) is 6.58 Å². The van der Waals surface area contributed by atoms with Crippen molar-refractivity contribution in [2.75, 3.05) is 0 Å². The topological polar surface area (TPSA) is 17.1 Å². The molecule has 1 fully saturated rings. The van der Waals surface area contributed by atoms with Gasteiger partial charge >= 0.3 is 0 Å². The first kappa shape index (κ1) is 9.50. The molecule has 0 aromatic carbocycles. The van der Waals surface area contributed by atoms with Crippen LogP contribution in [0, 0.1) is 5.41 Å². The zero-order valence-electron chi connectivity index (χ0n) is 7.94. The van der Waals surface area contributed by atoms with Gasteiger partial charge in [-0.2, -0.15) is 0 Å². The summed E-state index contributed by atoms with van der Waals surface area (Å²) in [5.74, 6) is 0.363. The first-order chi connectivity index (χ1) is 5.71. The maximum atomic E-state index is 11.5. The second kappa shape index (κ2) is 3.88. The smallest absolute Gasteiger partial charge is 0.136 e. The summed E-state index contributed by atoms with van der Waals surface area (Å²) in [6.45, 7) is 5.46. The molecule has 0 aliphatic heterocycles. The Kier molecular flexibility index (Phi) is 3.07. The summed E-state index contributed by atoms with van der Waals surface area (Å²) in [5.41, 5.74) is -0.0278. The molecule has 0 saturated heterocycles. The lowest BCUT2D eigenvalue weighted by Crippen LogP contribution is -2.31. The molecule has 0 radical (unpaired) electrons. The summed E-state index contributed by atoms with van der Waals surface area (Å²) in [6, 6.07) is 0. The molecule has 0 aromatic heterocycles.